The number of rotatable bonds is 8. The van der Waals surface area contributed by atoms with Crippen molar-refractivity contribution in [1.29, 1.82) is 0 Å². The van der Waals surface area contributed by atoms with Crippen LogP contribution < -0.4 is 9.47 Å². The Morgan fingerprint density at radius 3 is 2.61 bits per heavy atom. The second-order valence-electron chi connectivity index (χ2n) is 6.31. The molecule has 8 heteroatoms. The van der Waals surface area contributed by atoms with E-state index in [9.17, 15) is 4.39 Å². The molecule has 28 heavy (non-hydrogen) atoms. The van der Waals surface area contributed by atoms with E-state index in [1.165, 1.54) is 19.2 Å². The van der Waals surface area contributed by atoms with Crippen molar-refractivity contribution in [2.75, 3.05) is 27.9 Å². The van der Waals surface area contributed by atoms with Crippen LogP contribution in [0.25, 0.3) is 22.3 Å². The number of nitrogens with zero attached hydrogens (tertiary/aromatic N) is 3. The number of hydrogen-bond acceptors (Lipinski definition) is 5. The van der Waals surface area contributed by atoms with Crippen molar-refractivity contribution >= 4 is 22.8 Å². The Bertz CT molecular complexity index is 977. The average Bonchev–Trinajstić information content (AvgIpc) is 3.09. The summed E-state index contributed by atoms with van der Waals surface area (Å²) >= 11 is 6.40. The van der Waals surface area contributed by atoms with E-state index in [0.29, 0.717) is 39.9 Å². The maximum Gasteiger partial charge on any atom is 0.298 e. The van der Waals surface area contributed by atoms with Gasteiger partial charge in [0.05, 0.1) is 19.2 Å². The summed E-state index contributed by atoms with van der Waals surface area (Å²) in [5, 5.41) is 0.366. The molecule has 0 N–H and O–H groups in total. The summed E-state index contributed by atoms with van der Waals surface area (Å²) in [5.41, 5.74) is 2.45. The van der Waals surface area contributed by atoms with Crippen LogP contribution in [0.4, 0.5) is 4.39 Å². The molecule has 3 rings (SSSR count). The molecule has 1 unspecified atom stereocenters. The summed E-state index contributed by atoms with van der Waals surface area (Å²) in [6.07, 6.45) is 3.31. The van der Waals surface area contributed by atoms with Gasteiger partial charge in [0.2, 0.25) is 0 Å². The van der Waals surface area contributed by atoms with Gasteiger partial charge in [-0.3, -0.25) is 4.57 Å². The van der Waals surface area contributed by atoms with Crippen LogP contribution in [0.2, 0.25) is 5.02 Å². The molecule has 2 heterocycles. The molecule has 2 aromatic heterocycles. The first-order valence-electron chi connectivity index (χ1n) is 8.98. The highest BCUT2D eigenvalue weighted by atomic mass is 35.5. The molecule has 0 aliphatic carbocycles. The Morgan fingerprint density at radius 1 is 1.18 bits per heavy atom. The molecule has 0 spiro atoms. The zero-order valence-corrected chi connectivity index (χ0v) is 17.1. The van der Waals surface area contributed by atoms with Gasteiger partial charge in [-0.25, -0.2) is 9.37 Å². The predicted octanol–water partition coefficient (Wildman–Crippen LogP) is 4.90. The number of halogens is 2. The first-order chi connectivity index (χ1) is 13.5. The van der Waals surface area contributed by atoms with Crippen LogP contribution >= 0.6 is 11.6 Å². The van der Waals surface area contributed by atoms with Crippen molar-refractivity contribution in [2.24, 2.45) is 0 Å². The molecule has 0 bridgehead atoms. The molecule has 150 valence electrons. The zero-order chi connectivity index (χ0) is 20.3. The van der Waals surface area contributed by atoms with E-state index in [1.807, 2.05) is 4.57 Å². The van der Waals surface area contributed by atoms with Gasteiger partial charge < -0.3 is 14.2 Å². The van der Waals surface area contributed by atoms with Gasteiger partial charge in [-0.2, -0.15) is 4.98 Å². The molecule has 3 aromatic rings. The molecule has 6 nitrogen and oxygen atoms in total. The Kier molecular flexibility index (Phi) is 6.36. The summed E-state index contributed by atoms with van der Waals surface area (Å²) in [7, 11) is 4.64. The average molecular weight is 408 g/mol. The lowest BCUT2D eigenvalue weighted by Crippen LogP contribution is -2.12. The lowest BCUT2D eigenvalue weighted by Gasteiger charge is -2.18. The van der Waals surface area contributed by atoms with E-state index in [2.05, 4.69) is 16.9 Å². The maximum absolute atomic E-state index is 14.3. The molecule has 1 atom stereocenters. The second-order valence-corrected chi connectivity index (χ2v) is 6.72. The first-order valence-corrected chi connectivity index (χ1v) is 9.36. The number of benzene rings is 1. The summed E-state index contributed by atoms with van der Waals surface area (Å²) in [6, 6.07) is 5.13. The highest BCUT2D eigenvalue weighted by molar-refractivity contribution is 6.33. The van der Waals surface area contributed by atoms with Crippen LogP contribution in [-0.4, -0.2) is 42.5 Å². The smallest absolute Gasteiger partial charge is 0.298 e. The van der Waals surface area contributed by atoms with Gasteiger partial charge in [0.25, 0.3) is 6.01 Å². The van der Waals surface area contributed by atoms with Gasteiger partial charge >= 0.3 is 0 Å². The van der Waals surface area contributed by atoms with Gasteiger partial charge in [0.15, 0.2) is 17.2 Å². The molecule has 1 aromatic carbocycles. The normalized spacial score (nSPS) is 12.4. The van der Waals surface area contributed by atoms with Crippen LogP contribution in [0.5, 0.6) is 11.8 Å². The van der Waals surface area contributed by atoms with E-state index in [1.54, 1.807) is 26.5 Å². The van der Waals surface area contributed by atoms with E-state index < -0.39 is 5.82 Å². The zero-order valence-electron chi connectivity index (χ0n) is 16.3. The first kappa shape index (κ1) is 20.4. The third kappa shape index (κ3) is 3.64. The molecular weight excluding hydrogens is 385 g/mol. The molecule has 0 amide bonds. The summed E-state index contributed by atoms with van der Waals surface area (Å²) in [4.78, 5) is 9.14. The number of ether oxygens (including phenoxy) is 3. The second kappa shape index (κ2) is 8.75. The Labute approximate surface area is 168 Å². The van der Waals surface area contributed by atoms with Gasteiger partial charge in [0.1, 0.15) is 5.52 Å². The molecule has 0 fully saturated rings. The third-order valence-corrected chi connectivity index (χ3v) is 5.07. The van der Waals surface area contributed by atoms with Crippen LogP contribution in [0.15, 0.2) is 24.4 Å². The van der Waals surface area contributed by atoms with E-state index in [4.69, 9.17) is 25.8 Å². The van der Waals surface area contributed by atoms with Crippen LogP contribution in [0.3, 0.4) is 0 Å². The fourth-order valence-electron chi connectivity index (χ4n) is 3.32. The Morgan fingerprint density at radius 2 is 1.96 bits per heavy atom. The number of pyridine rings is 1. The quantitative estimate of drug-likeness (QED) is 0.531. The monoisotopic (exact) mass is 407 g/mol. The van der Waals surface area contributed by atoms with Crippen molar-refractivity contribution in [2.45, 2.75) is 25.8 Å². The van der Waals surface area contributed by atoms with E-state index in [0.717, 1.165) is 12.8 Å². The lowest BCUT2D eigenvalue weighted by atomic mass is 10.1. The molecule has 0 aliphatic rings. The number of aromatic nitrogens is 3. The molecule has 0 saturated heterocycles. The number of fused-ring (bicyclic) bond motifs is 1. The minimum atomic E-state index is -0.496. The fourth-order valence-corrected chi connectivity index (χ4v) is 3.58. The Balaban J connectivity index is 2.21. The molecule has 0 saturated carbocycles. The van der Waals surface area contributed by atoms with E-state index >= 15 is 0 Å². The highest BCUT2D eigenvalue weighted by Gasteiger charge is 2.23. The topological polar surface area (TPSA) is 58.4 Å². The predicted molar refractivity (Wildman–Crippen MR) is 107 cm³/mol. The summed E-state index contributed by atoms with van der Waals surface area (Å²) in [5.74, 6) is -0.405. The molecular formula is C20H23ClFN3O3. The van der Waals surface area contributed by atoms with Gasteiger partial charge in [-0.1, -0.05) is 18.5 Å². The van der Waals surface area contributed by atoms with Gasteiger partial charge in [0, 0.05) is 43.1 Å². The van der Waals surface area contributed by atoms with Crippen molar-refractivity contribution in [3.05, 3.63) is 35.2 Å². The number of hydrogen-bond donors (Lipinski definition) is 0. The van der Waals surface area contributed by atoms with Crippen molar-refractivity contribution in [1.82, 2.24) is 14.5 Å². The third-order valence-electron chi connectivity index (χ3n) is 4.75. The van der Waals surface area contributed by atoms with Gasteiger partial charge in [-0.15, -0.1) is 0 Å². The van der Waals surface area contributed by atoms with Crippen molar-refractivity contribution in [3.8, 4) is 22.9 Å². The van der Waals surface area contributed by atoms with Crippen LogP contribution in [0.1, 0.15) is 25.8 Å². The van der Waals surface area contributed by atoms with Crippen LogP contribution in [-0.2, 0) is 4.74 Å². The minimum Gasteiger partial charge on any atom is -0.494 e. The van der Waals surface area contributed by atoms with Crippen molar-refractivity contribution < 1.29 is 18.6 Å². The van der Waals surface area contributed by atoms with Crippen molar-refractivity contribution in [3.63, 3.8) is 0 Å². The highest BCUT2D eigenvalue weighted by Crippen LogP contribution is 2.38. The maximum atomic E-state index is 14.3. The Hall–Kier alpha value is -2.38. The largest absolute Gasteiger partial charge is 0.494 e. The summed E-state index contributed by atoms with van der Waals surface area (Å²) in [6.45, 7) is 2.70. The molecule has 0 aliphatic heterocycles. The SMILES string of the molecule is CCC(CCOC)n1c(OC)nc2c(-c3cc(F)c(OC)cc3Cl)ccnc21. The fraction of sp³-hybridized carbons (Fsp3) is 0.400. The minimum absolute atomic E-state index is 0.0905. The lowest BCUT2D eigenvalue weighted by molar-refractivity contribution is 0.175. The summed E-state index contributed by atoms with van der Waals surface area (Å²) < 4.78 is 32.0. The standard InChI is InChI=1S/C20H23ClFN3O3/c1-5-12(7-9-26-2)25-19-18(24-20(25)28-4)13(6-8-23-19)14-10-16(22)17(27-3)11-15(14)21/h6,8,10-12H,5,7,9H2,1-4H3. The molecule has 0 radical (unpaired) electrons. The number of methoxy groups -OCH3 is 3. The number of imidazole rings is 1. The van der Waals surface area contributed by atoms with Crippen LogP contribution in [0, 0.1) is 5.82 Å². The van der Waals surface area contributed by atoms with Gasteiger partial charge in [-0.05, 0) is 25.0 Å². The van der Waals surface area contributed by atoms with E-state index in [-0.39, 0.29) is 11.8 Å².